The molecule has 2 aromatic rings. The normalized spacial score (nSPS) is 19.0. The Morgan fingerprint density at radius 1 is 1.30 bits per heavy atom. The van der Waals surface area contributed by atoms with E-state index in [-0.39, 0.29) is 6.04 Å². The zero-order valence-corrected chi connectivity index (χ0v) is 11.9. The summed E-state index contributed by atoms with van der Waals surface area (Å²) in [5.41, 5.74) is 8.31. The summed E-state index contributed by atoms with van der Waals surface area (Å²) in [5.74, 6) is 1.37. The summed E-state index contributed by atoms with van der Waals surface area (Å²) in [6.45, 7) is 0.740. The van der Waals surface area contributed by atoms with Gasteiger partial charge >= 0.3 is 0 Å². The van der Waals surface area contributed by atoms with E-state index in [4.69, 9.17) is 22.1 Å². The van der Waals surface area contributed by atoms with E-state index in [2.05, 4.69) is 11.1 Å². The average molecular weight is 289 g/mol. The SMILES string of the molecule is NC(CC1CCOc2ccccc21)c1ncccc1Cl. The molecule has 3 nitrogen and oxygen atoms in total. The summed E-state index contributed by atoms with van der Waals surface area (Å²) in [7, 11) is 0. The molecule has 0 saturated heterocycles. The molecular weight excluding hydrogens is 272 g/mol. The number of ether oxygens (including phenoxy) is 1. The van der Waals surface area contributed by atoms with Gasteiger partial charge in [-0.15, -0.1) is 0 Å². The highest BCUT2D eigenvalue weighted by molar-refractivity contribution is 6.31. The minimum absolute atomic E-state index is 0.153. The molecule has 104 valence electrons. The summed E-state index contributed by atoms with van der Waals surface area (Å²) in [6.07, 6.45) is 3.55. The maximum absolute atomic E-state index is 6.30. The van der Waals surface area contributed by atoms with Crippen molar-refractivity contribution in [2.75, 3.05) is 6.61 Å². The Balaban J connectivity index is 1.81. The second kappa shape index (κ2) is 5.81. The molecule has 4 heteroatoms. The van der Waals surface area contributed by atoms with Crippen molar-refractivity contribution in [1.29, 1.82) is 0 Å². The molecule has 2 atom stereocenters. The first-order valence-electron chi connectivity index (χ1n) is 6.83. The Bertz CT molecular complexity index is 603. The Kier molecular flexibility index (Phi) is 3.90. The molecular formula is C16H17ClN2O. The molecule has 2 heterocycles. The maximum Gasteiger partial charge on any atom is 0.122 e. The van der Waals surface area contributed by atoms with Crippen molar-refractivity contribution in [1.82, 2.24) is 4.98 Å². The Morgan fingerprint density at radius 2 is 2.15 bits per heavy atom. The van der Waals surface area contributed by atoms with Crippen molar-refractivity contribution >= 4 is 11.6 Å². The van der Waals surface area contributed by atoms with Crippen LogP contribution in [0, 0.1) is 0 Å². The van der Waals surface area contributed by atoms with E-state index in [1.54, 1.807) is 6.20 Å². The number of aromatic nitrogens is 1. The fraction of sp³-hybridized carbons (Fsp3) is 0.312. The first-order valence-corrected chi connectivity index (χ1v) is 7.21. The molecule has 1 aliphatic heterocycles. The molecule has 0 radical (unpaired) electrons. The van der Waals surface area contributed by atoms with Gasteiger partial charge in [0.1, 0.15) is 5.75 Å². The molecule has 1 aromatic heterocycles. The fourth-order valence-corrected chi connectivity index (χ4v) is 3.01. The number of rotatable bonds is 3. The van der Waals surface area contributed by atoms with Crippen LogP contribution in [0.5, 0.6) is 5.75 Å². The fourth-order valence-electron chi connectivity index (χ4n) is 2.75. The van der Waals surface area contributed by atoms with Gasteiger partial charge in [-0.1, -0.05) is 29.8 Å². The number of hydrogen-bond donors (Lipinski definition) is 1. The van der Waals surface area contributed by atoms with E-state index in [9.17, 15) is 0 Å². The lowest BCUT2D eigenvalue weighted by molar-refractivity contribution is 0.259. The molecule has 0 bridgehead atoms. The topological polar surface area (TPSA) is 48.1 Å². The minimum Gasteiger partial charge on any atom is -0.493 e. The Morgan fingerprint density at radius 3 is 3.00 bits per heavy atom. The summed E-state index contributed by atoms with van der Waals surface area (Å²) in [5, 5.41) is 0.639. The largest absolute Gasteiger partial charge is 0.493 e. The van der Waals surface area contributed by atoms with E-state index in [1.165, 1.54) is 5.56 Å². The first kappa shape index (κ1) is 13.4. The van der Waals surface area contributed by atoms with Crippen LogP contribution in [0.25, 0.3) is 0 Å². The second-order valence-corrected chi connectivity index (χ2v) is 5.49. The third-order valence-electron chi connectivity index (χ3n) is 3.76. The lowest BCUT2D eigenvalue weighted by Crippen LogP contribution is -2.20. The number of hydrogen-bond acceptors (Lipinski definition) is 3. The number of fused-ring (bicyclic) bond motifs is 1. The molecule has 0 amide bonds. The predicted octanol–water partition coefficient (Wildman–Crippen LogP) is 3.69. The highest BCUT2D eigenvalue weighted by Gasteiger charge is 2.24. The van der Waals surface area contributed by atoms with Crippen LogP contribution in [0.4, 0.5) is 0 Å². The number of nitrogens with zero attached hydrogens (tertiary/aromatic N) is 1. The van der Waals surface area contributed by atoms with Gasteiger partial charge in [-0.3, -0.25) is 4.98 Å². The number of benzene rings is 1. The monoisotopic (exact) mass is 288 g/mol. The van der Waals surface area contributed by atoms with Crippen molar-refractivity contribution < 1.29 is 4.74 Å². The first-order chi connectivity index (χ1) is 9.75. The zero-order chi connectivity index (χ0) is 13.9. The standard InChI is InChI=1S/C16H17ClN2O/c17-13-5-3-8-19-16(13)14(18)10-11-7-9-20-15-6-2-1-4-12(11)15/h1-6,8,11,14H,7,9-10,18H2. The highest BCUT2D eigenvalue weighted by Crippen LogP contribution is 2.38. The molecule has 0 fully saturated rings. The van der Waals surface area contributed by atoms with E-state index < -0.39 is 0 Å². The lowest BCUT2D eigenvalue weighted by atomic mass is 9.87. The van der Waals surface area contributed by atoms with Crippen LogP contribution >= 0.6 is 11.6 Å². The van der Waals surface area contributed by atoms with Crippen LogP contribution < -0.4 is 10.5 Å². The van der Waals surface area contributed by atoms with E-state index in [1.807, 2.05) is 30.3 Å². The van der Waals surface area contributed by atoms with Crippen LogP contribution in [-0.2, 0) is 0 Å². The molecule has 1 aliphatic rings. The Hall–Kier alpha value is -1.58. The third-order valence-corrected chi connectivity index (χ3v) is 4.08. The second-order valence-electron chi connectivity index (χ2n) is 5.08. The van der Waals surface area contributed by atoms with Crippen LogP contribution in [0.2, 0.25) is 5.02 Å². The van der Waals surface area contributed by atoms with Crippen molar-refractivity contribution in [3.8, 4) is 5.75 Å². The van der Waals surface area contributed by atoms with Gasteiger partial charge in [0.05, 0.1) is 17.3 Å². The minimum atomic E-state index is -0.153. The van der Waals surface area contributed by atoms with E-state index in [0.717, 1.165) is 30.9 Å². The molecule has 3 rings (SSSR count). The average Bonchev–Trinajstić information content (AvgIpc) is 2.48. The van der Waals surface area contributed by atoms with Crippen molar-refractivity contribution in [2.45, 2.75) is 24.8 Å². The van der Waals surface area contributed by atoms with Gasteiger partial charge < -0.3 is 10.5 Å². The van der Waals surface area contributed by atoms with Gasteiger partial charge in [0.15, 0.2) is 0 Å². The van der Waals surface area contributed by atoms with Crippen LogP contribution in [-0.4, -0.2) is 11.6 Å². The number of pyridine rings is 1. The molecule has 0 spiro atoms. The molecule has 0 saturated carbocycles. The van der Waals surface area contributed by atoms with E-state index in [0.29, 0.717) is 10.9 Å². The molecule has 0 aliphatic carbocycles. The maximum atomic E-state index is 6.30. The van der Waals surface area contributed by atoms with Crippen LogP contribution in [0.1, 0.15) is 36.1 Å². The summed E-state index contributed by atoms with van der Waals surface area (Å²) in [6, 6.07) is 11.7. The summed E-state index contributed by atoms with van der Waals surface area (Å²) < 4.78 is 5.68. The quantitative estimate of drug-likeness (QED) is 0.937. The number of nitrogens with two attached hydrogens (primary N) is 1. The molecule has 2 N–H and O–H groups in total. The lowest BCUT2D eigenvalue weighted by Gasteiger charge is -2.27. The predicted molar refractivity (Wildman–Crippen MR) is 80.1 cm³/mol. The van der Waals surface area contributed by atoms with Crippen molar-refractivity contribution in [3.05, 3.63) is 58.9 Å². The van der Waals surface area contributed by atoms with Crippen molar-refractivity contribution in [3.63, 3.8) is 0 Å². The summed E-state index contributed by atoms with van der Waals surface area (Å²) in [4.78, 5) is 4.31. The van der Waals surface area contributed by atoms with Crippen LogP contribution in [0.3, 0.4) is 0 Å². The van der Waals surface area contributed by atoms with Gasteiger partial charge in [-0.2, -0.15) is 0 Å². The van der Waals surface area contributed by atoms with Gasteiger partial charge in [0.2, 0.25) is 0 Å². The molecule has 20 heavy (non-hydrogen) atoms. The van der Waals surface area contributed by atoms with Gasteiger partial charge in [0.25, 0.3) is 0 Å². The van der Waals surface area contributed by atoms with Gasteiger partial charge in [-0.05, 0) is 42.5 Å². The highest BCUT2D eigenvalue weighted by atomic mass is 35.5. The Labute approximate surface area is 123 Å². The number of para-hydroxylation sites is 1. The third kappa shape index (κ3) is 2.65. The van der Waals surface area contributed by atoms with E-state index >= 15 is 0 Å². The molecule has 1 aromatic carbocycles. The van der Waals surface area contributed by atoms with Gasteiger partial charge in [-0.25, -0.2) is 0 Å². The van der Waals surface area contributed by atoms with Crippen molar-refractivity contribution in [2.24, 2.45) is 5.73 Å². The zero-order valence-electron chi connectivity index (χ0n) is 11.1. The van der Waals surface area contributed by atoms with Crippen LogP contribution in [0.15, 0.2) is 42.6 Å². The van der Waals surface area contributed by atoms with Gasteiger partial charge in [0, 0.05) is 12.2 Å². The summed E-state index contributed by atoms with van der Waals surface area (Å²) >= 11 is 6.17. The smallest absolute Gasteiger partial charge is 0.122 e. The molecule has 2 unspecified atom stereocenters. The number of halogens is 1.